The summed E-state index contributed by atoms with van der Waals surface area (Å²) in [6.07, 6.45) is 2.89. The fraction of sp³-hybridized carbons (Fsp3) is 0.524. The van der Waals surface area contributed by atoms with Gasteiger partial charge in [0.1, 0.15) is 5.75 Å². The Balaban J connectivity index is 1.50. The zero-order valence-electron chi connectivity index (χ0n) is 16.3. The molecule has 0 aliphatic carbocycles. The van der Waals surface area contributed by atoms with E-state index in [1.54, 1.807) is 11.3 Å². The van der Waals surface area contributed by atoms with Crippen molar-refractivity contribution in [3.8, 4) is 5.75 Å². The second-order valence-corrected chi connectivity index (χ2v) is 8.17. The monoisotopic (exact) mass is 401 g/mol. The molecule has 7 heteroatoms. The molecule has 0 radical (unpaired) electrons. The Morgan fingerprint density at radius 3 is 2.93 bits per heavy atom. The molecule has 6 nitrogen and oxygen atoms in total. The van der Waals surface area contributed by atoms with Crippen LogP contribution < -0.4 is 9.64 Å². The maximum atomic E-state index is 13.0. The van der Waals surface area contributed by atoms with Crippen LogP contribution in [0.1, 0.15) is 30.5 Å². The summed E-state index contributed by atoms with van der Waals surface area (Å²) in [4.78, 5) is 21.9. The molecule has 2 aliphatic heterocycles. The SMILES string of the molecule is CCCCc1nc(CN2CC(C(=O)N3CCOCC3)Oc3ccccc32)cs1. The van der Waals surface area contributed by atoms with Crippen LogP contribution in [0.2, 0.25) is 0 Å². The smallest absolute Gasteiger partial charge is 0.265 e. The molecule has 1 aromatic carbocycles. The van der Waals surface area contributed by atoms with Gasteiger partial charge in [-0.15, -0.1) is 11.3 Å². The largest absolute Gasteiger partial charge is 0.477 e. The van der Waals surface area contributed by atoms with Crippen LogP contribution >= 0.6 is 11.3 Å². The lowest BCUT2D eigenvalue weighted by atomic mass is 10.1. The maximum Gasteiger partial charge on any atom is 0.265 e. The van der Waals surface area contributed by atoms with Crippen LogP contribution in [0.25, 0.3) is 0 Å². The van der Waals surface area contributed by atoms with Crippen molar-refractivity contribution in [3.63, 3.8) is 0 Å². The number of aromatic nitrogens is 1. The summed E-state index contributed by atoms with van der Waals surface area (Å²) in [5.41, 5.74) is 2.09. The van der Waals surface area contributed by atoms with E-state index >= 15 is 0 Å². The third kappa shape index (κ3) is 4.31. The summed E-state index contributed by atoms with van der Waals surface area (Å²) >= 11 is 1.73. The molecule has 1 aromatic heterocycles. The lowest BCUT2D eigenvalue weighted by Gasteiger charge is -2.38. The topological polar surface area (TPSA) is 54.9 Å². The number of carbonyl (C=O) groups is 1. The number of anilines is 1. The lowest BCUT2D eigenvalue weighted by molar-refractivity contribution is -0.142. The second-order valence-electron chi connectivity index (χ2n) is 7.23. The Hall–Kier alpha value is -2.12. The molecular weight excluding hydrogens is 374 g/mol. The van der Waals surface area contributed by atoms with Gasteiger partial charge in [-0.3, -0.25) is 4.79 Å². The third-order valence-electron chi connectivity index (χ3n) is 5.16. The van der Waals surface area contributed by atoms with Crippen LogP contribution in [-0.2, 0) is 22.5 Å². The molecule has 1 atom stereocenters. The molecule has 1 fully saturated rings. The minimum Gasteiger partial charge on any atom is -0.477 e. The van der Waals surface area contributed by atoms with E-state index in [1.165, 1.54) is 17.8 Å². The van der Waals surface area contributed by atoms with Crippen molar-refractivity contribution < 1.29 is 14.3 Å². The molecule has 1 saturated heterocycles. The van der Waals surface area contributed by atoms with Crippen LogP contribution in [0, 0.1) is 0 Å². The van der Waals surface area contributed by atoms with Crippen LogP contribution in [0.5, 0.6) is 5.75 Å². The zero-order chi connectivity index (χ0) is 19.3. The second kappa shape index (κ2) is 8.92. The molecule has 0 bridgehead atoms. The van der Waals surface area contributed by atoms with Crippen LogP contribution in [0.15, 0.2) is 29.6 Å². The minimum atomic E-state index is -0.494. The first kappa shape index (κ1) is 19.2. The molecule has 150 valence electrons. The predicted octanol–water partition coefficient (Wildman–Crippen LogP) is 3.11. The van der Waals surface area contributed by atoms with Crippen LogP contribution in [0.3, 0.4) is 0 Å². The van der Waals surface area contributed by atoms with E-state index < -0.39 is 6.10 Å². The first-order valence-electron chi connectivity index (χ1n) is 10.0. The average Bonchev–Trinajstić information content (AvgIpc) is 3.19. The molecule has 1 amide bonds. The number of hydrogen-bond acceptors (Lipinski definition) is 6. The molecule has 2 aliphatic rings. The molecule has 1 unspecified atom stereocenters. The number of unbranched alkanes of at least 4 members (excludes halogenated alkanes) is 1. The summed E-state index contributed by atoms with van der Waals surface area (Å²) in [7, 11) is 0. The standard InChI is InChI=1S/C21H27N3O3S/c1-2-3-8-20-22-16(15-28-20)13-24-14-19(21(25)23-9-11-26-12-10-23)27-18-7-5-4-6-17(18)24/h4-7,15,19H,2-3,8-14H2,1H3. The van der Waals surface area contributed by atoms with E-state index in [2.05, 4.69) is 23.3 Å². The Kier molecular flexibility index (Phi) is 6.12. The number of benzene rings is 1. The van der Waals surface area contributed by atoms with Gasteiger partial charge in [-0.05, 0) is 25.0 Å². The predicted molar refractivity (Wildman–Crippen MR) is 110 cm³/mol. The van der Waals surface area contributed by atoms with Crippen LogP contribution in [0.4, 0.5) is 5.69 Å². The number of nitrogens with zero attached hydrogens (tertiary/aromatic N) is 3. The van der Waals surface area contributed by atoms with E-state index in [0.717, 1.165) is 23.6 Å². The van der Waals surface area contributed by atoms with Crippen molar-refractivity contribution in [1.82, 2.24) is 9.88 Å². The van der Waals surface area contributed by atoms with Crippen molar-refractivity contribution in [2.75, 3.05) is 37.7 Å². The Bertz CT molecular complexity index is 804. The zero-order valence-corrected chi connectivity index (χ0v) is 17.1. The van der Waals surface area contributed by atoms with E-state index in [9.17, 15) is 4.79 Å². The molecule has 0 N–H and O–H groups in total. The van der Waals surface area contributed by atoms with Crippen molar-refractivity contribution in [3.05, 3.63) is 40.3 Å². The van der Waals surface area contributed by atoms with Gasteiger partial charge in [-0.25, -0.2) is 4.98 Å². The van der Waals surface area contributed by atoms with Crippen molar-refractivity contribution in [2.24, 2.45) is 0 Å². The van der Waals surface area contributed by atoms with E-state index in [0.29, 0.717) is 39.4 Å². The average molecular weight is 402 g/mol. The maximum absolute atomic E-state index is 13.0. The molecule has 28 heavy (non-hydrogen) atoms. The highest BCUT2D eigenvalue weighted by Gasteiger charge is 2.34. The molecular formula is C21H27N3O3S. The van der Waals surface area contributed by atoms with Gasteiger partial charge in [0.2, 0.25) is 0 Å². The molecule has 3 heterocycles. The highest BCUT2D eigenvalue weighted by molar-refractivity contribution is 7.09. The minimum absolute atomic E-state index is 0.0460. The highest BCUT2D eigenvalue weighted by Crippen LogP contribution is 2.34. The Labute approximate surface area is 170 Å². The van der Waals surface area contributed by atoms with Gasteiger partial charge < -0.3 is 19.3 Å². The number of hydrogen-bond donors (Lipinski definition) is 0. The first-order valence-corrected chi connectivity index (χ1v) is 10.9. The van der Waals surface area contributed by atoms with Crippen LogP contribution in [-0.4, -0.2) is 54.7 Å². The van der Waals surface area contributed by atoms with Gasteiger partial charge in [-0.1, -0.05) is 25.5 Å². The van der Waals surface area contributed by atoms with Gasteiger partial charge in [0.05, 0.1) is 42.7 Å². The Morgan fingerprint density at radius 2 is 2.11 bits per heavy atom. The third-order valence-corrected chi connectivity index (χ3v) is 6.11. The number of aryl methyl sites for hydroxylation is 1. The number of carbonyl (C=O) groups excluding carboxylic acids is 1. The number of thiazole rings is 1. The lowest BCUT2D eigenvalue weighted by Crippen LogP contribution is -2.52. The first-order chi connectivity index (χ1) is 13.7. The fourth-order valence-corrected chi connectivity index (χ4v) is 4.46. The number of fused-ring (bicyclic) bond motifs is 1. The quantitative estimate of drug-likeness (QED) is 0.744. The van der Waals surface area contributed by atoms with Crippen molar-refractivity contribution >= 4 is 22.9 Å². The molecule has 0 saturated carbocycles. The number of amides is 1. The van der Waals surface area contributed by atoms with Crippen molar-refractivity contribution in [2.45, 2.75) is 38.8 Å². The highest BCUT2D eigenvalue weighted by atomic mass is 32.1. The van der Waals surface area contributed by atoms with Gasteiger partial charge in [-0.2, -0.15) is 0 Å². The molecule has 4 rings (SSSR count). The van der Waals surface area contributed by atoms with Gasteiger partial charge in [0.25, 0.3) is 5.91 Å². The summed E-state index contributed by atoms with van der Waals surface area (Å²) in [5.74, 6) is 0.812. The summed E-state index contributed by atoms with van der Waals surface area (Å²) < 4.78 is 11.5. The summed E-state index contributed by atoms with van der Waals surface area (Å²) in [6, 6.07) is 7.95. The normalized spacial score (nSPS) is 19.2. The van der Waals surface area contributed by atoms with Gasteiger partial charge in [0.15, 0.2) is 6.10 Å². The fourth-order valence-electron chi connectivity index (χ4n) is 3.63. The molecule has 2 aromatic rings. The Morgan fingerprint density at radius 1 is 1.29 bits per heavy atom. The molecule has 0 spiro atoms. The van der Waals surface area contributed by atoms with E-state index in [4.69, 9.17) is 14.5 Å². The number of morpholine rings is 1. The van der Waals surface area contributed by atoms with Crippen molar-refractivity contribution in [1.29, 1.82) is 0 Å². The van der Waals surface area contributed by atoms with E-state index in [1.807, 2.05) is 23.1 Å². The van der Waals surface area contributed by atoms with Gasteiger partial charge >= 0.3 is 0 Å². The van der Waals surface area contributed by atoms with E-state index in [-0.39, 0.29) is 5.91 Å². The summed E-state index contributed by atoms with van der Waals surface area (Å²) in [6.45, 7) is 5.88. The number of para-hydroxylation sites is 2. The van der Waals surface area contributed by atoms with Gasteiger partial charge in [0, 0.05) is 18.5 Å². The number of ether oxygens (including phenoxy) is 2. The summed E-state index contributed by atoms with van der Waals surface area (Å²) in [5, 5.41) is 3.33. The number of rotatable bonds is 6.